The van der Waals surface area contributed by atoms with Crippen molar-refractivity contribution in [1.29, 1.82) is 0 Å². The summed E-state index contributed by atoms with van der Waals surface area (Å²) < 4.78 is 19.6. The summed E-state index contributed by atoms with van der Waals surface area (Å²) in [4.78, 5) is 90.5. The van der Waals surface area contributed by atoms with Gasteiger partial charge in [0.2, 0.25) is 11.8 Å². The minimum Gasteiger partial charge on any atom is -0.463 e. The Labute approximate surface area is 263 Å². The Kier molecular flexibility index (Phi) is 14.6. The molecule has 0 saturated heterocycles. The summed E-state index contributed by atoms with van der Waals surface area (Å²) in [5, 5.41) is 15.2. The molecule has 0 aliphatic carbocycles. The summed E-state index contributed by atoms with van der Waals surface area (Å²) in [6.07, 6.45) is 2.13. The molecule has 0 spiro atoms. The van der Waals surface area contributed by atoms with E-state index in [0.717, 1.165) is 25.3 Å². The molecule has 0 aliphatic heterocycles. The third-order valence-electron chi connectivity index (χ3n) is 5.57. The number of amides is 2. The maximum atomic E-state index is 12.4. The highest BCUT2D eigenvalue weighted by Gasteiger charge is 2.54. The maximum Gasteiger partial charge on any atom is 0.350 e. The van der Waals surface area contributed by atoms with Gasteiger partial charge in [-0.15, -0.1) is 0 Å². The van der Waals surface area contributed by atoms with Crippen molar-refractivity contribution in [3.05, 3.63) is 58.2 Å². The number of esters is 4. The number of nitro groups is 1. The molecule has 0 unspecified atom stereocenters. The van der Waals surface area contributed by atoms with Crippen molar-refractivity contribution in [2.75, 3.05) is 32.2 Å². The molecule has 0 saturated carbocycles. The molecule has 0 atom stereocenters. The van der Waals surface area contributed by atoms with Gasteiger partial charge < -0.3 is 35.3 Å². The first-order chi connectivity index (χ1) is 21.7. The lowest BCUT2D eigenvalue weighted by molar-refractivity contribution is -0.385. The molecule has 2 aromatic heterocycles. The maximum absolute atomic E-state index is 12.4. The quantitative estimate of drug-likeness (QED) is 0.0881. The summed E-state index contributed by atoms with van der Waals surface area (Å²) in [7, 11) is 0. The molecule has 18 nitrogen and oxygen atoms in total. The standard InChI is InChI=1S/C14H17N3O7.C14H19N3O5/c1-4-23-12(19)14(16-9(3)18,13(20)24-5-2)11-7-6-10(8-15-11)17(21)22;1-4-21-12(19)14(17-9(3)18,13(20)22-5-2)11-7-6-10(15)8-16-11/h6-8H,4-5H2,1-3H3,(H,16,18);6-8H,4-5,15H2,1-3H3,(H,17,18). The van der Waals surface area contributed by atoms with Crippen LogP contribution in [0.1, 0.15) is 52.9 Å². The van der Waals surface area contributed by atoms with Gasteiger partial charge in [0.15, 0.2) is 0 Å². The predicted octanol–water partition coefficient (Wildman–Crippen LogP) is 0.569. The zero-order valence-corrected chi connectivity index (χ0v) is 26.1. The zero-order valence-electron chi connectivity index (χ0n) is 26.1. The van der Waals surface area contributed by atoms with E-state index in [0.29, 0.717) is 5.69 Å². The second kappa shape index (κ2) is 17.6. The summed E-state index contributed by atoms with van der Waals surface area (Å²) in [5.41, 5.74) is 0.770. The Bertz CT molecular complexity index is 1380. The topological polar surface area (TPSA) is 258 Å². The SMILES string of the molecule is CCOC(=O)C(NC(C)=O)(C(=O)OCC)c1ccc(N)cn1.CCOC(=O)C(NC(C)=O)(C(=O)OCC)c1ccc([N+](=O)[O-])cn1. The van der Waals surface area contributed by atoms with Gasteiger partial charge in [-0.2, -0.15) is 0 Å². The normalized spacial score (nSPS) is 10.7. The molecule has 0 bridgehead atoms. The number of anilines is 1. The van der Waals surface area contributed by atoms with E-state index < -0.39 is 51.7 Å². The van der Waals surface area contributed by atoms with Crippen LogP contribution in [0.25, 0.3) is 0 Å². The van der Waals surface area contributed by atoms with Crippen LogP contribution >= 0.6 is 0 Å². The second-order valence-corrected chi connectivity index (χ2v) is 8.88. The Morgan fingerprint density at radius 1 is 0.696 bits per heavy atom. The molecule has 2 aromatic rings. The first kappa shape index (κ1) is 38.3. The van der Waals surface area contributed by atoms with Crippen LogP contribution in [0.15, 0.2) is 36.7 Å². The number of carbonyl (C=O) groups excluding carboxylic acids is 6. The van der Waals surface area contributed by atoms with E-state index in [-0.39, 0.29) is 43.5 Å². The number of nitrogen functional groups attached to an aromatic ring is 1. The highest BCUT2D eigenvalue weighted by molar-refractivity contribution is 6.08. The number of nitrogens with two attached hydrogens (primary N) is 1. The van der Waals surface area contributed by atoms with Gasteiger partial charge in [0.25, 0.3) is 16.8 Å². The number of hydrogen-bond acceptors (Lipinski definition) is 15. The van der Waals surface area contributed by atoms with E-state index in [1.165, 1.54) is 39.1 Å². The molecule has 4 N–H and O–H groups in total. The molecular weight excluding hydrogens is 612 g/mol. The van der Waals surface area contributed by atoms with E-state index in [9.17, 15) is 38.9 Å². The summed E-state index contributed by atoms with van der Waals surface area (Å²) in [6, 6.07) is 4.95. The number of nitrogens with one attached hydrogen (secondary N) is 2. The molecule has 0 aromatic carbocycles. The third-order valence-corrected chi connectivity index (χ3v) is 5.57. The molecule has 0 aliphatic rings. The van der Waals surface area contributed by atoms with Gasteiger partial charge in [0.1, 0.15) is 6.20 Å². The number of nitrogens with zero attached hydrogens (tertiary/aromatic N) is 3. The molecule has 2 amide bonds. The lowest BCUT2D eigenvalue weighted by atomic mass is 9.94. The molecule has 0 radical (unpaired) electrons. The number of pyridine rings is 2. The van der Waals surface area contributed by atoms with Crippen molar-refractivity contribution < 1.29 is 52.6 Å². The van der Waals surface area contributed by atoms with E-state index in [4.69, 9.17) is 24.7 Å². The molecular formula is C28H36N6O12. The summed E-state index contributed by atoms with van der Waals surface area (Å²) in [6.45, 7) is 8.39. The van der Waals surface area contributed by atoms with Crippen molar-refractivity contribution in [2.24, 2.45) is 0 Å². The number of rotatable bonds is 13. The van der Waals surface area contributed by atoms with Gasteiger partial charge in [-0.1, -0.05) is 0 Å². The second-order valence-electron chi connectivity index (χ2n) is 8.88. The molecule has 250 valence electrons. The molecule has 2 rings (SSSR count). The van der Waals surface area contributed by atoms with E-state index >= 15 is 0 Å². The Balaban J connectivity index is 0.000000462. The molecule has 0 fully saturated rings. The van der Waals surface area contributed by atoms with Crippen LogP contribution in [0.3, 0.4) is 0 Å². The molecule has 18 heteroatoms. The van der Waals surface area contributed by atoms with Gasteiger partial charge in [-0.25, -0.2) is 19.2 Å². The smallest absolute Gasteiger partial charge is 0.350 e. The average Bonchev–Trinajstić information content (AvgIpc) is 2.99. The highest BCUT2D eigenvalue weighted by atomic mass is 16.6. The zero-order chi connectivity index (χ0) is 35.1. The van der Waals surface area contributed by atoms with Gasteiger partial charge in [-0.05, 0) is 45.9 Å². The van der Waals surface area contributed by atoms with Gasteiger partial charge in [0, 0.05) is 19.9 Å². The third kappa shape index (κ3) is 9.16. The lowest BCUT2D eigenvalue weighted by Crippen LogP contribution is -2.58. The van der Waals surface area contributed by atoms with Crippen molar-refractivity contribution in [3.8, 4) is 0 Å². The van der Waals surface area contributed by atoms with E-state index in [2.05, 4.69) is 20.6 Å². The van der Waals surface area contributed by atoms with Crippen LogP contribution < -0.4 is 16.4 Å². The summed E-state index contributed by atoms with van der Waals surface area (Å²) in [5.74, 6) is -5.46. The first-order valence-electron chi connectivity index (χ1n) is 13.8. The predicted molar refractivity (Wildman–Crippen MR) is 157 cm³/mol. The fraction of sp³-hybridized carbons (Fsp3) is 0.429. The minimum atomic E-state index is -2.34. The van der Waals surface area contributed by atoms with Crippen LogP contribution in [0.2, 0.25) is 0 Å². The van der Waals surface area contributed by atoms with Crippen LogP contribution in [0.4, 0.5) is 11.4 Å². The first-order valence-corrected chi connectivity index (χ1v) is 13.8. The fourth-order valence-corrected chi connectivity index (χ4v) is 3.75. The number of hydrogen-bond donors (Lipinski definition) is 3. The molecule has 2 heterocycles. The number of aromatic nitrogens is 2. The summed E-state index contributed by atoms with van der Waals surface area (Å²) >= 11 is 0. The van der Waals surface area contributed by atoms with E-state index in [1.54, 1.807) is 13.8 Å². The number of ether oxygens (including phenoxy) is 4. The van der Waals surface area contributed by atoms with Crippen molar-refractivity contribution >= 4 is 47.1 Å². The van der Waals surface area contributed by atoms with Gasteiger partial charge in [0.05, 0.1) is 54.6 Å². The van der Waals surface area contributed by atoms with Crippen molar-refractivity contribution in [2.45, 2.75) is 52.6 Å². The van der Waals surface area contributed by atoms with Crippen LogP contribution in [0.5, 0.6) is 0 Å². The van der Waals surface area contributed by atoms with Crippen molar-refractivity contribution in [1.82, 2.24) is 20.6 Å². The van der Waals surface area contributed by atoms with Gasteiger partial charge in [-0.3, -0.25) is 29.7 Å². The molecule has 46 heavy (non-hydrogen) atoms. The van der Waals surface area contributed by atoms with Gasteiger partial charge >= 0.3 is 23.9 Å². The van der Waals surface area contributed by atoms with E-state index in [1.807, 2.05) is 0 Å². The Morgan fingerprint density at radius 2 is 1.04 bits per heavy atom. The fourth-order valence-electron chi connectivity index (χ4n) is 3.75. The minimum absolute atomic E-state index is 0.0224. The lowest BCUT2D eigenvalue weighted by Gasteiger charge is -2.29. The van der Waals surface area contributed by atoms with Crippen molar-refractivity contribution in [3.63, 3.8) is 0 Å². The Hall–Kier alpha value is -5.68. The largest absolute Gasteiger partial charge is 0.463 e. The number of carbonyl (C=O) groups is 6. The van der Waals surface area contributed by atoms with Crippen LogP contribution in [-0.2, 0) is 58.8 Å². The monoisotopic (exact) mass is 648 g/mol. The highest BCUT2D eigenvalue weighted by Crippen LogP contribution is 2.26. The average molecular weight is 649 g/mol. The Morgan fingerprint density at radius 3 is 1.28 bits per heavy atom. The van der Waals surface area contributed by atoms with Crippen LogP contribution in [0, 0.1) is 10.1 Å². The van der Waals surface area contributed by atoms with Crippen LogP contribution in [-0.4, -0.2) is 77.0 Å².